The summed E-state index contributed by atoms with van der Waals surface area (Å²) in [6.45, 7) is 0. The maximum atomic E-state index is 13.4. The number of hydrogen-bond donors (Lipinski definition) is 0. The van der Waals surface area contributed by atoms with Crippen LogP contribution in [-0.4, -0.2) is 30.1 Å². The van der Waals surface area contributed by atoms with Gasteiger partial charge in [-0.1, -0.05) is 6.07 Å². The molecular formula is C10H14F2O3Si. The molecule has 0 atom stereocenters. The summed E-state index contributed by atoms with van der Waals surface area (Å²) < 4.78 is 41.6. The average Bonchev–Trinajstić information content (AvgIpc) is 2.29. The molecule has 1 aromatic carbocycles. The summed E-state index contributed by atoms with van der Waals surface area (Å²) in [6.07, 6.45) is 0. The third-order valence-electron chi connectivity index (χ3n) is 2.36. The van der Waals surface area contributed by atoms with Gasteiger partial charge in [0, 0.05) is 33.4 Å². The largest absolute Gasteiger partial charge is 0.504 e. The van der Waals surface area contributed by atoms with E-state index in [0.29, 0.717) is 5.56 Å². The van der Waals surface area contributed by atoms with Gasteiger partial charge in [0.2, 0.25) is 0 Å². The normalized spacial score (nSPS) is 11.8. The third kappa shape index (κ3) is 2.85. The number of halogens is 2. The SMILES string of the molecule is CO[Si](Cc1ccc(F)cc1F)(OC)OC. The highest BCUT2D eigenvalue weighted by atomic mass is 28.4. The van der Waals surface area contributed by atoms with Crippen molar-refractivity contribution < 1.29 is 22.1 Å². The second-order valence-electron chi connectivity index (χ2n) is 3.21. The van der Waals surface area contributed by atoms with Crippen LogP contribution in [0.1, 0.15) is 5.56 Å². The minimum Gasteiger partial charge on any atom is -0.377 e. The molecule has 0 N–H and O–H groups in total. The first kappa shape index (κ1) is 13.2. The fourth-order valence-electron chi connectivity index (χ4n) is 1.36. The van der Waals surface area contributed by atoms with Gasteiger partial charge in [-0.25, -0.2) is 8.78 Å². The third-order valence-corrected chi connectivity index (χ3v) is 5.04. The van der Waals surface area contributed by atoms with Gasteiger partial charge in [0.1, 0.15) is 11.6 Å². The van der Waals surface area contributed by atoms with Crippen molar-refractivity contribution in [3.05, 3.63) is 35.4 Å². The van der Waals surface area contributed by atoms with Crippen molar-refractivity contribution in [2.45, 2.75) is 6.04 Å². The molecule has 0 fully saturated rings. The van der Waals surface area contributed by atoms with Crippen LogP contribution in [0.4, 0.5) is 8.78 Å². The predicted octanol–water partition coefficient (Wildman–Crippen LogP) is 1.92. The quantitative estimate of drug-likeness (QED) is 0.745. The van der Waals surface area contributed by atoms with E-state index in [4.69, 9.17) is 13.3 Å². The standard InChI is InChI=1S/C10H14F2O3Si/c1-13-16(14-2,15-3)7-8-4-5-9(11)6-10(8)12/h4-6H,7H2,1-3H3. The monoisotopic (exact) mass is 248 g/mol. The molecule has 0 saturated carbocycles. The van der Waals surface area contributed by atoms with Gasteiger partial charge in [0.05, 0.1) is 0 Å². The molecule has 0 aliphatic rings. The van der Waals surface area contributed by atoms with Crippen LogP contribution in [0.15, 0.2) is 18.2 Å². The van der Waals surface area contributed by atoms with Crippen molar-refractivity contribution in [2.75, 3.05) is 21.3 Å². The fourth-order valence-corrected chi connectivity index (χ4v) is 3.05. The topological polar surface area (TPSA) is 27.7 Å². The molecule has 0 aliphatic carbocycles. The summed E-state index contributed by atoms with van der Waals surface area (Å²) in [7, 11) is 1.47. The van der Waals surface area contributed by atoms with Crippen molar-refractivity contribution >= 4 is 8.80 Å². The van der Waals surface area contributed by atoms with Crippen molar-refractivity contribution in [2.24, 2.45) is 0 Å². The van der Waals surface area contributed by atoms with Gasteiger partial charge < -0.3 is 13.3 Å². The molecule has 1 aromatic rings. The Morgan fingerprint density at radius 2 is 1.62 bits per heavy atom. The van der Waals surface area contributed by atoms with Crippen LogP contribution in [0.2, 0.25) is 0 Å². The zero-order valence-electron chi connectivity index (χ0n) is 9.42. The minimum absolute atomic E-state index is 0.169. The number of benzene rings is 1. The van der Waals surface area contributed by atoms with Crippen LogP contribution in [0.3, 0.4) is 0 Å². The molecule has 0 aliphatic heterocycles. The second kappa shape index (κ2) is 5.49. The Morgan fingerprint density at radius 1 is 1.06 bits per heavy atom. The summed E-state index contributed by atoms with van der Waals surface area (Å²) in [4.78, 5) is 0. The molecule has 0 saturated heterocycles. The van der Waals surface area contributed by atoms with Gasteiger partial charge in [-0.15, -0.1) is 0 Å². The molecule has 0 aromatic heterocycles. The summed E-state index contributed by atoms with van der Waals surface area (Å²) in [5.41, 5.74) is 0.318. The number of hydrogen-bond acceptors (Lipinski definition) is 3. The van der Waals surface area contributed by atoms with Crippen molar-refractivity contribution in [1.82, 2.24) is 0 Å². The van der Waals surface area contributed by atoms with Crippen LogP contribution in [0, 0.1) is 11.6 Å². The van der Waals surface area contributed by atoms with Crippen molar-refractivity contribution in [1.29, 1.82) is 0 Å². The Kier molecular flexibility index (Phi) is 4.54. The highest BCUT2D eigenvalue weighted by Gasteiger charge is 2.38. The van der Waals surface area contributed by atoms with Crippen LogP contribution in [0.5, 0.6) is 0 Å². The van der Waals surface area contributed by atoms with E-state index in [2.05, 4.69) is 0 Å². The Morgan fingerprint density at radius 3 is 2.06 bits per heavy atom. The Bertz CT molecular complexity index is 348. The fraction of sp³-hybridized carbons (Fsp3) is 0.400. The van der Waals surface area contributed by atoms with Crippen LogP contribution in [0.25, 0.3) is 0 Å². The van der Waals surface area contributed by atoms with E-state index in [1.54, 1.807) is 0 Å². The maximum Gasteiger partial charge on any atom is 0.504 e. The van der Waals surface area contributed by atoms with Gasteiger partial charge in [0.15, 0.2) is 0 Å². The maximum absolute atomic E-state index is 13.4. The molecule has 0 radical (unpaired) electrons. The molecule has 0 spiro atoms. The lowest BCUT2D eigenvalue weighted by atomic mass is 10.2. The van der Waals surface area contributed by atoms with E-state index >= 15 is 0 Å². The molecule has 0 unspecified atom stereocenters. The lowest BCUT2D eigenvalue weighted by Gasteiger charge is -2.24. The van der Waals surface area contributed by atoms with E-state index in [0.717, 1.165) is 6.07 Å². The van der Waals surface area contributed by atoms with Gasteiger partial charge in [-0.05, 0) is 11.6 Å². The van der Waals surface area contributed by atoms with Gasteiger partial charge in [-0.2, -0.15) is 0 Å². The highest BCUT2D eigenvalue weighted by molar-refractivity contribution is 6.60. The second-order valence-corrected chi connectivity index (χ2v) is 6.15. The average molecular weight is 248 g/mol. The van der Waals surface area contributed by atoms with Crippen molar-refractivity contribution in [3.8, 4) is 0 Å². The number of rotatable bonds is 5. The molecule has 0 amide bonds. The molecule has 16 heavy (non-hydrogen) atoms. The van der Waals surface area contributed by atoms with E-state index < -0.39 is 20.4 Å². The van der Waals surface area contributed by atoms with Crippen LogP contribution < -0.4 is 0 Å². The van der Waals surface area contributed by atoms with Gasteiger partial charge in [-0.3, -0.25) is 0 Å². The molecule has 1 rings (SSSR count). The minimum atomic E-state index is -2.87. The first-order valence-electron chi connectivity index (χ1n) is 4.66. The summed E-state index contributed by atoms with van der Waals surface area (Å²) in [6, 6.07) is 3.56. The highest BCUT2D eigenvalue weighted by Crippen LogP contribution is 2.17. The Balaban J connectivity index is 2.93. The van der Waals surface area contributed by atoms with Gasteiger partial charge in [0.25, 0.3) is 0 Å². The van der Waals surface area contributed by atoms with Crippen LogP contribution >= 0.6 is 0 Å². The van der Waals surface area contributed by atoms with Gasteiger partial charge >= 0.3 is 8.80 Å². The van der Waals surface area contributed by atoms with E-state index in [9.17, 15) is 8.78 Å². The molecule has 90 valence electrons. The summed E-state index contributed by atoms with van der Waals surface area (Å²) in [5.74, 6) is -1.23. The lowest BCUT2D eigenvalue weighted by Crippen LogP contribution is -2.45. The molecular weight excluding hydrogens is 234 g/mol. The smallest absolute Gasteiger partial charge is 0.377 e. The zero-order valence-corrected chi connectivity index (χ0v) is 10.4. The Hall–Kier alpha value is -0.823. The van der Waals surface area contributed by atoms with E-state index in [-0.39, 0.29) is 6.04 Å². The van der Waals surface area contributed by atoms with E-state index in [1.807, 2.05) is 0 Å². The molecule has 0 bridgehead atoms. The molecule has 3 nitrogen and oxygen atoms in total. The van der Waals surface area contributed by atoms with Crippen molar-refractivity contribution in [3.63, 3.8) is 0 Å². The van der Waals surface area contributed by atoms with E-state index in [1.165, 1.54) is 33.5 Å². The van der Waals surface area contributed by atoms with Crippen LogP contribution in [-0.2, 0) is 19.3 Å². The summed E-state index contributed by atoms with van der Waals surface area (Å²) in [5, 5.41) is 0. The molecule has 6 heteroatoms. The molecule has 0 heterocycles. The first-order valence-corrected chi connectivity index (χ1v) is 6.59. The zero-order chi connectivity index (χ0) is 12.2. The predicted molar refractivity (Wildman–Crippen MR) is 56.8 cm³/mol. The Labute approximate surface area is 94.3 Å². The first-order chi connectivity index (χ1) is 7.56. The lowest BCUT2D eigenvalue weighted by molar-refractivity contribution is 0.122. The summed E-state index contributed by atoms with van der Waals surface area (Å²) >= 11 is 0.